The quantitative estimate of drug-likeness (QED) is 0.752. The van der Waals surface area contributed by atoms with Gasteiger partial charge in [0.25, 0.3) is 0 Å². The summed E-state index contributed by atoms with van der Waals surface area (Å²) in [7, 11) is 0. The van der Waals surface area contributed by atoms with Crippen LogP contribution >= 0.6 is 0 Å². The molecule has 0 aliphatic rings. The molecule has 20 heavy (non-hydrogen) atoms. The molecule has 1 atom stereocenters. The summed E-state index contributed by atoms with van der Waals surface area (Å²) in [5.74, 6) is -0.139. The van der Waals surface area contributed by atoms with E-state index in [1.165, 1.54) is 0 Å². The van der Waals surface area contributed by atoms with Gasteiger partial charge in [0.2, 0.25) is 0 Å². The summed E-state index contributed by atoms with van der Waals surface area (Å²) in [6.45, 7) is 16.6. The molecule has 2 nitrogen and oxygen atoms in total. The van der Waals surface area contributed by atoms with Crippen LogP contribution in [0.1, 0.15) is 44.9 Å². The lowest BCUT2D eigenvalue weighted by atomic mass is 10.0. The fourth-order valence-electron chi connectivity index (χ4n) is 2.41. The van der Waals surface area contributed by atoms with Gasteiger partial charge in [-0.25, -0.2) is 4.39 Å². The topological polar surface area (TPSA) is 15.3 Å². The molecule has 1 unspecified atom stereocenters. The second-order valence-electron chi connectivity index (χ2n) is 5.41. The molecule has 0 aliphatic carbocycles. The average molecular weight is 278 g/mol. The lowest BCUT2D eigenvalue weighted by molar-refractivity contribution is 0.578. The zero-order valence-electron chi connectivity index (χ0n) is 13.4. The van der Waals surface area contributed by atoms with Gasteiger partial charge in [-0.2, -0.15) is 0 Å². The number of hydrogen-bond acceptors (Lipinski definition) is 2. The van der Waals surface area contributed by atoms with Crippen molar-refractivity contribution >= 4 is 5.69 Å². The van der Waals surface area contributed by atoms with Crippen LogP contribution in [0.3, 0.4) is 0 Å². The Kier molecular flexibility index (Phi) is 6.21. The smallest absolute Gasteiger partial charge is 0.126 e. The fraction of sp³-hybridized carbons (Fsp3) is 0.529. The maximum absolute atomic E-state index is 13.9. The summed E-state index contributed by atoms with van der Waals surface area (Å²) < 4.78 is 13.9. The van der Waals surface area contributed by atoms with Crippen LogP contribution in [-0.2, 0) is 0 Å². The SMILES string of the molecule is C=C(C)CN(CC)c1cc(C)c(F)cc1C(C)NCC. The van der Waals surface area contributed by atoms with Crippen molar-refractivity contribution in [3.8, 4) is 0 Å². The monoisotopic (exact) mass is 278 g/mol. The summed E-state index contributed by atoms with van der Waals surface area (Å²) >= 11 is 0. The van der Waals surface area contributed by atoms with Gasteiger partial charge in [0.1, 0.15) is 5.82 Å². The predicted octanol–water partition coefficient (Wildman–Crippen LogP) is 4.21. The normalized spacial score (nSPS) is 12.3. The predicted molar refractivity (Wildman–Crippen MR) is 85.9 cm³/mol. The van der Waals surface area contributed by atoms with Gasteiger partial charge in [-0.15, -0.1) is 0 Å². The van der Waals surface area contributed by atoms with Crippen molar-refractivity contribution in [1.82, 2.24) is 5.32 Å². The molecule has 0 amide bonds. The number of halogens is 1. The van der Waals surface area contributed by atoms with Crippen LogP contribution in [0.5, 0.6) is 0 Å². The molecule has 1 aromatic carbocycles. The first-order chi connectivity index (χ1) is 9.40. The van der Waals surface area contributed by atoms with Crippen molar-refractivity contribution in [1.29, 1.82) is 0 Å². The third kappa shape index (κ3) is 4.07. The van der Waals surface area contributed by atoms with Crippen LogP contribution in [0.4, 0.5) is 10.1 Å². The van der Waals surface area contributed by atoms with E-state index in [0.717, 1.165) is 36.5 Å². The highest BCUT2D eigenvalue weighted by Crippen LogP contribution is 2.29. The van der Waals surface area contributed by atoms with Gasteiger partial charge in [0.05, 0.1) is 0 Å². The number of rotatable bonds is 7. The molecular formula is C17H27FN2. The summed E-state index contributed by atoms with van der Waals surface area (Å²) in [6.07, 6.45) is 0. The highest BCUT2D eigenvalue weighted by atomic mass is 19.1. The Hall–Kier alpha value is -1.35. The van der Waals surface area contributed by atoms with Crippen molar-refractivity contribution < 1.29 is 4.39 Å². The van der Waals surface area contributed by atoms with E-state index in [1.807, 2.05) is 19.9 Å². The van der Waals surface area contributed by atoms with Crippen molar-refractivity contribution in [3.63, 3.8) is 0 Å². The first-order valence-electron chi connectivity index (χ1n) is 7.33. The van der Waals surface area contributed by atoms with Gasteiger partial charge in [-0.3, -0.25) is 0 Å². The Morgan fingerprint density at radius 1 is 1.40 bits per heavy atom. The molecule has 0 bridgehead atoms. The van der Waals surface area contributed by atoms with Gasteiger partial charge in [-0.1, -0.05) is 19.1 Å². The van der Waals surface area contributed by atoms with Crippen LogP contribution < -0.4 is 10.2 Å². The Morgan fingerprint density at radius 2 is 2.05 bits per heavy atom. The second-order valence-corrected chi connectivity index (χ2v) is 5.41. The molecule has 112 valence electrons. The molecule has 0 fully saturated rings. The minimum Gasteiger partial charge on any atom is -0.368 e. The minimum atomic E-state index is -0.139. The maximum Gasteiger partial charge on any atom is 0.126 e. The third-order valence-electron chi connectivity index (χ3n) is 3.47. The molecule has 0 aliphatic heterocycles. The van der Waals surface area contributed by atoms with E-state index in [0.29, 0.717) is 5.56 Å². The molecule has 0 radical (unpaired) electrons. The summed E-state index contributed by atoms with van der Waals surface area (Å²) in [6, 6.07) is 3.74. The summed E-state index contributed by atoms with van der Waals surface area (Å²) in [4.78, 5) is 2.25. The average Bonchev–Trinajstić information content (AvgIpc) is 2.38. The molecule has 3 heteroatoms. The Morgan fingerprint density at radius 3 is 2.55 bits per heavy atom. The number of hydrogen-bond donors (Lipinski definition) is 1. The summed E-state index contributed by atoms with van der Waals surface area (Å²) in [5, 5.41) is 3.37. The standard InChI is InChI=1S/C17H27FN2/c1-7-19-14(6)15-10-16(18)13(5)9-17(15)20(8-2)11-12(3)4/h9-10,14,19H,3,7-8,11H2,1-2,4-6H3. The summed E-state index contributed by atoms with van der Waals surface area (Å²) in [5.41, 5.74) is 3.91. The van der Waals surface area contributed by atoms with E-state index < -0.39 is 0 Å². The van der Waals surface area contributed by atoms with Crippen LogP contribution in [0.15, 0.2) is 24.3 Å². The lowest BCUT2D eigenvalue weighted by Crippen LogP contribution is -2.28. The molecular weight excluding hydrogens is 251 g/mol. The van der Waals surface area contributed by atoms with Gasteiger partial charge >= 0.3 is 0 Å². The van der Waals surface area contributed by atoms with Gasteiger partial charge in [0, 0.05) is 24.8 Å². The maximum atomic E-state index is 13.9. The van der Waals surface area contributed by atoms with E-state index in [2.05, 4.69) is 37.6 Å². The second kappa shape index (κ2) is 7.44. The Balaban J connectivity index is 3.26. The van der Waals surface area contributed by atoms with E-state index in [4.69, 9.17) is 0 Å². The Labute approximate surface area is 122 Å². The molecule has 0 saturated carbocycles. The van der Waals surface area contributed by atoms with Crippen molar-refractivity contribution in [2.75, 3.05) is 24.5 Å². The van der Waals surface area contributed by atoms with Crippen molar-refractivity contribution in [2.45, 2.75) is 40.7 Å². The fourth-order valence-corrected chi connectivity index (χ4v) is 2.41. The van der Waals surface area contributed by atoms with Gasteiger partial charge in [0.15, 0.2) is 0 Å². The van der Waals surface area contributed by atoms with Gasteiger partial charge in [-0.05, 0) is 57.5 Å². The minimum absolute atomic E-state index is 0.129. The van der Waals surface area contributed by atoms with Gasteiger partial charge < -0.3 is 10.2 Å². The third-order valence-corrected chi connectivity index (χ3v) is 3.47. The number of likely N-dealkylation sites (N-methyl/N-ethyl adjacent to an activating group) is 1. The first-order valence-corrected chi connectivity index (χ1v) is 7.33. The van der Waals surface area contributed by atoms with E-state index >= 15 is 0 Å². The molecule has 0 spiro atoms. The zero-order chi connectivity index (χ0) is 15.3. The van der Waals surface area contributed by atoms with E-state index in [-0.39, 0.29) is 11.9 Å². The van der Waals surface area contributed by atoms with Crippen molar-refractivity contribution in [3.05, 3.63) is 41.2 Å². The van der Waals surface area contributed by atoms with E-state index in [1.54, 1.807) is 6.07 Å². The Bertz CT molecular complexity index is 468. The number of nitrogens with zero attached hydrogens (tertiary/aromatic N) is 1. The van der Waals surface area contributed by atoms with Crippen LogP contribution in [0.25, 0.3) is 0 Å². The van der Waals surface area contributed by atoms with Crippen LogP contribution in [0, 0.1) is 12.7 Å². The largest absolute Gasteiger partial charge is 0.368 e. The number of benzene rings is 1. The molecule has 1 N–H and O–H groups in total. The molecule has 1 rings (SSSR count). The number of nitrogens with one attached hydrogen (secondary N) is 1. The molecule has 1 aromatic rings. The van der Waals surface area contributed by atoms with Crippen LogP contribution in [0.2, 0.25) is 0 Å². The lowest BCUT2D eigenvalue weighted by Gasteiger charge is -2.29. The van der Waals surface area contributed by atoms with E-state index in [9.17, 15) is 4.39 Å². The number of anilines is 1. The highest BCUT2D eigenvalue weighted by molar-refractivity contribution is 5.57. The number of aryl methyl sites for hydroxylation is 1. The van der Waals surface area contributed by atoms with Crippen LogP contribution in [-0.4, -0.2) is 19.6 Å². The zero-order valence-corrected chi connectivity index (χ0v) is 13.4. The van der Waals surface area contributed by atoms with Crippen molar-refractivity contribution in [2.24, 2.45) is 0 Å². The molecule has 0 saturated heterocycles. The first kappa shape index (κ1) is 16.7. The highest BCUT2D eigenvalue weighted by Gasteiger charge is 2.17. The molecule has 0 aromatic heterocycles. The molecule has 0 heterocycles.